The fraction of sp³-hybridized carbons (Fsp3) is 0.444. The number of benzene rings is 1. The van der Waals surface area contributed by atoms with E-state index in [-0.39, 0.29) is 11.8 Å². The Hall–Kier alpha value is -2.28. The molecule has 0 spiro atoms. The van der Waals surface area contributed by atoms with Crippen molar-refractivity contribution in [2.75, 3.05) is 13.1 Å². The Labute approximate surface area is 131 Å². The molecule has 0 aromatic heterocycles. The summed E-state index contributed by atoms with van der Waals surface area (Å²) >= 11 is 0. The largest absolute Gasteiger partial charge is 0.272 e. The lowest BCUT2D eigenvalue weighted by Gasteiger charge is -2.24. The van der Waals surface area contributed by atoms with Gasteiger partial charge >= 0.3 is 0 Å². The third-order valence-electron chi connectivity index (χ3n) is 4.38. The smallest absolute Gasteiger partial charge is 0.258 e. The molecule has 0 unspecified atom stereocenters. The van der Waals surface area contributed by atoms with Gasteiger partial charge in [-0.15, -0.1) is 5.92 Å². The van der Waals surface area contributed by atoms with Crippen molar-refractivity contribution in [2.24, 2.45) is 0 Å². The summed E-state index contributed by atoms with van der Waals surface area (Å²) < 4.78 is 0. The lowest BCUT2D eigenvalue weighted by Crippen LogP contribution is -2.40. The molecule has 0 saturated carbocycles. The Morgan fingerprint density at radius 1 is 1.05 bits per heavy atom. The molecule has 3 rings (SSSR count). The average molecular weight is 296 g/mol. The predicted molar refractivity (Wildman–Crippen MR) is 83.7 cm³/mol. The van der Waals surface area contributed by atoms with Crippen LogP contribution in [-0.2, 0) is 9.59 Å². The topological polar surface area (TPSA) is 40.6 Å². The van der Waals surface area contributed by atoms with Crippen LogP contribution >= 0.6 is 0 Å². The van der Waals surface area contributed by atoms with E-state index in [9.17, 15) is 9.59 Å². The zero-order valence-corrected chi connectivity index (χ0v) is 13.1. The van der Waals surface area contributed by atoms with Crippen molar-refractivity contribution in [3.05, 3.63) is 34.9 Å². The molecule has 4 nitrogen and oxygen atoms in total. The third-order valence-corrected chi connectivity index (χ3v) is 4.38. The summed E-state index contributed by atoms with van der Waals surface area (Å²) in [6.45, 7) is 5.04. The van der Waals surface area contributed by atoms with Crippen LogP contribution in [0.3, 0.4) is 0 Å². The van der Waals surface area contributed by atoms with Crippen LogP contribution < -0.4 is 0 Å². The van der Waals surface area contributed by atoms with Crippen molar-refractivity contribution in [2.45, 2.75) is 39.0 Å². The maximum atomic E-state index is 12.7. The summed E-state index contributed by atoms with van der Waals surface area (Å²) in [7, 11) is 0. The number of carbonyl (C=O) groups is 2. The normalized spacial score (nSPS) is 18.8. The molecule has 0 aliphatic carbocycles. The SMILES string of the molecule is CC#Cc1ccc(C2C(=O)N3CCCCCN3C2=O)c(C)c1. The van der Waals surface area contributed by atoms with Gasteiger partial charge in [0, 0.05) is 18.7 Å². The van der Waals surface area contributed by atoms with Gasteiger partial charge in [0.1, 0.15) is 5.92 Å². The molecule has 4 heteroatoms. The van der Waals surface area contributed by atoms with Gasteiger partial charge in [0.15, 0.2) is 0 Å². The van der Waals surface area contributed by atoms with Crippen LogP contribution in [0.5, 0.6) is 0 Å². The van der Waals surface area contributed by atoms with Crippen LogP contribution in [0.2, 0.25) is 0 Å². The van der Waals surface area contributed by atoms with Crippen LogP contribution in [0.15, 0.2) is 18.2 Å². The van der Waals surface area contributed by atoms with Gasteiger partial charge in [0.25, 0.3) is 11.8 Å². The molecule has 0 atom stereocenters. The van der Waals surface area contributed by atoms with Crippen molar-refractivity contribution in [1.82, 2.24) is 10.0 Å². The van der Waals surface area contributed by atoms with Crippen LogP contribution in [-0.4, -0.2) is 34.9 Å². The number of carbonyl (C=O) groups excluding carboxylic acids is 2. The quantitative estimate of drug-likeness (QED) is 0.589. The van der Waals surface area contributed by atoms with Crippen LogP contribution in [0, 0.1) is 18.8 Å². The highest BCUT2D eigenvalue weighted by Gasteiger charge is 2.46. The van der Waals surface area contributed by atoms with Crippen molar-refractivity contribution in [1.29, 1.82) is 0 Å². The fourth-order valence-corrected chi connectivity index (χ4v) is 3.29. The third kappa shape index (κ3) is 2.37. The first-order valence-corrected chi connectivity index (χ1v) is 7.79. The van der Waals surface area contributed by atoms with E-state index in [1.54, 1.807) is 16.9 Å². The number of hydrazine groups is 1. The van der Waals surface area contributed by atoms with Crippen molar-refractivity contribution in [3.8, 4) is 11.8 Å². The molecule has 0 N–H and O–H groups in total. The van der Waals surface area contributed by atoms with Gasteiger partial charge in [0.2, 0.25) is 0 Å². The van der Waals surface area contributed by atoms with Gasteiger partial charge in [-0.3, -0.25) is 19.6 Å². The molecule has 0 radical (unpaired) electrons. The van der Waals surface area contributed by atoms with Gasteiger partial charge in [0.05, 0.1) is 0 Å². The van der Waals surface area contributed by atoms with E-state index in [2.05, 4.69) is 11.8 Å². The zero-order chi connectivity index (χ0) is 15.7. The first-order valence-electron chi connectivity index (χ1n) is 7.79. The Morgan fingerprint density at radius 3 is 2.23 bits per heavy atom. The second-order valence-corrected chi connectivity index (χ2v) is 5.86. The molecule has 2 fully saturated rings. The second-order valence-electron chi connectivity index (χ2n) is 5.86. The van der Waals surface area contributed by atoms with Gasteiger partial charge in [-0.05, 0) is 56.4 Å². The van der Waals surface area contributed by atoms with Crippen LogP contribution in [0.4, 0.5) is 0 Å². The molecule has 2 aliphatic heterocycles. The van der Waals surface area contributed by atoms with E-state index in [4.69, 9.17) is 0 Å². The Bertz CT molecular complexity index is 660. The van der Waals surface area contributed by atoms with E-state index in [0.717, 1.165) is 36.0 Å². The molecule has 22 heavy (non-hydrogen) atoms. The summed E-state index contributed by atoms with van der Waals surface area (Å²) in [6, 6.07) is 5.71. The van der Waals surface area contributed by atoms with E-state index in [1.165, 1.54) is 0 Å². The summed E-state index contributed by atoms with van der Waals surface area (Å²) in [4.78, 5) is 25.4. The minimum Gasteiger partial charge on any atom is -0.272 e. The summed E-state index contributed by atoms with van der Waals surface area (Å²) in [5, 5.41) is 3.30. The highest BCUT2D eigenvalue weighted by molar-refractivity contribution is 6.10. The number of rotatable bonds is 1. The number of amides is 2. The van der Waals surface area contributed by atoms with Gasteiger partial charge in [-0.25, -0.2) is 0 Å². The summed E-state index contributed by atoms with van der Waals surface area (Å²) in [6.07, 6.45) is 3.00. The lowest BCUT2D eigenvalue weighted by atomic mass is 9.92. The molecule has 2 saturated heterocycles. The van der Waals surface area contributed by atoms with Crippen molar-refractivity contribution in [3.63, 3.8) is 0 Å². The molecule has 1 aromatic carbocycles. The van der Waals surface area contributed by atoms with Crippen molar-refractivity contribution >= 4 is 11.8 Å². The molecule has 114 valence electrons. The molecular formula is C18H20N2O2. The van der Waals surface area contributed by atoms with Crippen LogP contribution in [0.1, 0.15) is 48.8 Å². The Kier molecular flexibility index (Phi) is 3.89. The first kappa shape index (κ1) is 14.6. The molecule has 2 aliphatic rings. The van der Waals surface area contributed by atoms with Gasteiger partial charge in [-0.1, -0.05) is 12.0 Å². The van der Waals surface area contributed by atoms with Gasteiger partial charge in [-0.2, -0.15) is 0 Å². The summed E-state index contributed by atoms with van der Waals surface area (Å²) in [5.41, 5.74) is 2.67. The Morgan fingerprint density at radius 2 is 1.68 bits per heavy atom. The molecule has 1 aromatic rings. The average Bonchev–Trinajstić information content (AvgIpc) is 2.69. The lowest BCUT2D eigenvalue weighted by molar-refractivity contribution is -0.145. The highest BCUT2D eigenvalue weighted by atomic mass is 16.2. The van der Waals surface area contributed by atoms with E-state index >= 15 is 0 Å². The van der Waals surface area contributed by atoms with Gasteiger partial charge < -0.3 is 0 Å². The molecule has 0 bridgehead atoms. The maximum absolute atomic E-state index is 12.7. The minimum absolute atomic E-state index is 0.0793. The second kappa shape index (κ2) is 5.84. The first-order chi connectivity index (χ1) is 10.6. The van der Waals surface area contributed by atoms with Crippen molar-refractivity contribution < 1.29 is 9.59 Å². The van der Waals surface area contributed by atoms with Crippen LogP contribution in [0.25, 0.3) is 0 Å². The zero-order valence-electron chi connectivity index (χ0n) is 13.1. The van der Waals surface area contributed by atoms with E-state index in [1.807, 2.05) is 25.1 Å². The van der Waals surface area contributed by atoms with E-state index < -0.39 is 5.92 Å². The number of hydrogen-bond donors (Lipinski definition) is 0. The number of fused-ring (bicyclic) bond motifs is 1. The molecular weight excluding hydrogens is 276 g/mol. The highest BCUT2D eigenvalue weighted by Crippen LogP contribution is 2.33. The minimum atomic E-state index is -0.679. The standard InChI is InChI=1S/C18H20N2O2/c1-3-7-14-8-9-15(13(2)12-14)16-17(21)19-10-5-4-6-11-20(19)18(16)22/h8-9,12,16H,4-6,10-11H2,1-2H3. The number of hydrogen-bond acceptors (Lipinski definition) is 2. The number of nitrogens with zero attached hydrogens (tertiary/aromatic N) is 2. The summed E-state index contributed by atoms with van der Waals surface area (Å²) in [5.74, 6) is 5.03. The Balaban J connectivity index is 1.96. The fourth-order valence-electron chi connectivity index (χ4n) is 3.29. The maximum Gasteiger partial charge on any atom is 0.258 e. The van der Waals surface area contributed by atoms with E-state index in [0.29, 0.717) is 13.1 Å². The predicted octanol–water partition coefficient (Wildman–Crippen LogP) is 2.22. The monoisotopic (exact) mass is 296 g/mol. The molecule has 2 amide bonds. The molecule has 2 heterocycles. The number of aryl methyl sites for hydroxylation is 1.